The van der Waals surface area contributed by atoms with E-state index < -0.39 is 122 Å². The summed E-state index contributed by atoms with van der Waals surface area (Å²) < 4.78 is 23.0. The molecule has 0 spiro atoms. The van der Waals surface area contributed by atoms with Crippen molar-refractivity contribution in [1.29, 1.82) is 0 Å². The molecule has 2 aliphatic heterocycles. The fraction of sp³-hybridized carbons (Fsp3) is 0.826. The second kappa shape index (κ2) is 14.1. The van der Waals surface area contributed by atoms with Crippen LogP contribution in [0.25, 0.3) is 0 Å². The zero-order valence-corrected chi connectivity index (χ0v) is 23.8. The summed E-state index contributed by atoms with van der Waals surface area (Å²) >= 11 is 0. The Kier molecular flexibility index (Phi) is 11.4. The second-order valence-corrected chi connectivity index (χ2v) is 10.7. The zero-order valence-electron chi connectivity index (χ0n) is 23.8. The van der Waals surface area contributed by atoms with Crippen molar-refractivity contribution in [2.45, 2.75) is 98.2 Å². The molecule has 21 nitrogen and oxygen atoms in total. The number of aliphatic imine (C=N–C) groups is 2. The minimum atomic E-state index is -2.53. The van der Waals surface area contributed by atoms with E-state index in [2.05, 4.69) is 9.98 Å². The molecule has 21 heteroatoms. The molecule has 0 aromatic heterocycles. The monoisotopic (exact) mass is 639 g/mol. The van der Waals surface area contributed by atoms with E-state index in [-0.39, 0.29) is 6.29 Å². The predicted octanol–water partition coefficient (Wildman–Crippen LogP) is -8.93. The molecule has 0 aromatic carbocycles. The van der Waals surface area contributed by atoms with Crippen LogP contribution in [0.4, 0.5) is 0 Å². The van der Waals surface area contributed by atoms with Crippen molar-refractivity contribution in [3.05, 3.63) is 0 Å². The van der Waals surface area contributed by atoms with Crippen molar-refractivity contribution in [2.24, 2.45) is 32.9 Å². The summed E-state index contributed by atoms with van der Waals surface area (Å²) in [7, 11) is 1.14. The number of carbonyl (C=O) groups is 2. The summed E-state index contributed by atoms with van der Waals surface area (Å²) in [5.41, 5.74) is 19.3. The van der Waals surface area contributed by atoms with Crippen LogP contribution in [0.2, 0.25) is 0 Å². The van der Waals surface area contributed by atoms with Crippen molar-refractivity contribution >= 4 is 24.1 Å². The Labute approximate surface area is 250 Å². The summed E-state index contributed by atoms with van der Waals surface area (Å²) in [6.07, 6.45) is -19.2. The molecule has 3 aliphatic rings. The molecule has 44 heavy (non-hydrogen) atoms. The third kappa shape index (κ3) is 6.73. The van der Waals surface area contributed by atoms with Gasteiger partial charge in [-0.05, 0) is 6.92 Å². The number of aliphatic hydroxyl groups excluding tert-OH is 7. The highest BCUT2D eigenvalue weighted by Crippen LogP contribution is 2.39. The van der Waals surface area contributed by atoms with E-state index in [1.165, 1.54) is 6.92 Å². The average Bonchev–Trinajstić information content (AvgIpc) is 3.20. The van der Waals surface area contributed by atoms with Crippen LogP contribution in [0.15, 0.2) is 9.98 Å². The fourth-order valence-corrected chi connectivity index (χ4v) is 5.44. The molecule has 1 aliphatic carbocycles. The summed E-state index contributed by atoms with van der Waals surface area (Å²) in [6, 6.07) is -4.68. The molecular weight excluding hydrogens is 598 g/mol. The van der Waals surface area contributed by atoms with Gasteiger partial charge in [0, 0.05) is 7.05 Å². The van der Waals surface area contributed by atoms with Crippen LogP contribution >= 0.6 is 0 Å². The van der Waals surface area contributed by atoms with E-state index in [1.807, 2.05) is 0 Å². The van der Waals surface area contributed by atoms with Gasteiger partial charge in [0.15, 0.2) is 36.4 Å². The van der Waals surface area contributed by atoms with Gasteiger partial charge in [0.05, 0.1) is 12.7 Å². The van der Waals surface area contributed by atoms with Gasteiger partial charge in [-0.1, -0.05) is 0 Å². The number of amides is 1. The van der Waals surface area contributed by atoms with E-state index in [0.717, 1.165) is 11.9 Å². The maximum atomic E-state index is 12.3. The normalized spacial score (nSPS) is 44.0. The van der Waals surface area contributed by atoms with Gasteiger partial charge in [0.2, 0.25) is 5.91 Å². The highest BCUT2D eigenvalue weighted by atomic mass is 16.8. The van der Waals surface area contributed by atoms with E-state index in [0.29, 0.717) is 0 Å². The Balaban J connectivity index is 2.03. The lowest BCUT2D eigenvalue weighted by Gasteiger charge is -2.47. The van der Waals surface area contributed by atoms with Gasteiger partial charge in [-0.3, -0.25) is 9.59 Å². The summed E-state index contributed by atoms with van der Waals surface area (Å²) in [5, 5.41) is 84.2. The Bertz CT molecular complexity index is 1080. The first-order chi connectivity index (χ1) is 20.5. The number of guanidine groups is 2. The minimum absolute atomic E-state index is 0.0597. The molecule has 1 saturated carbocycles. The Hall–Kier alpha value is -2.80. The van der Waals surface area contributed by atoms with Gasteiger partial charge < -0.3 is 87.6 Å². The van der Waals surface area contributed by atoms with Crippen molar-refractivity contribution < 1.29 is 69.4 Å². The lowest BCUT2D eigenvalue weighted by Crippen LogP contribution is -2.67. The predicted molar refractivity (Wildman–Crippen MR) is 144 cm³/mol. The highest BCUT2D eigenvalue weighted by Gasteiger charge is 2.61. The number of aliphatic hydroxyl groups is 8. The van der Waals surface area contributed by atoms with Crippen LogP contribution < -0.4 is 22.9 Å². The highest BCUT2D eigenvalue weighted by molar-refractivity contribution is 5.77. The van der Waals surface area contributed by atoms with Gasteiger partial charge in [-0.15, -0.1) is 0 Å². The van der Waals surface area contributed by atoms with Gasteiger partial charge in [0.25, 0.3) is 0 Å². The Morgan fingerprint density at radius 1 is 0.886 bits per heavy atom. The molecule has 0 radical (unpaired) electrons. The van der Waals surface area contributed by atoms with Gasteiger partial charge in [0.1, 0.15) is 73.6 Å². The number of ether oxygens (including phenoxy) is 4. The third-order valence-corrected chi connectivity index (χ3v) is 7.95. The number of hydrogen-bond acceptors (Lipinski definition) is 16. The first kappa shape index (κ1) is 35.7. The summed E-state index contributed by atoms with van der Waals surface area (Å²) in [5.74, 6) is -2.06. The number of likely N-dealkylation sites (N-methyl/N-ethyl adjacent to an activating group) is 1. The zero-order chi connectivity index (χ0) is 33.3. The van der Waals surface area contributed by atoms with Crippen LogP contribution in [-0.4, -0.2) is 181 Å². The van der Waals surface area contributed by atoms with E-state index in [9.17, 15) is 50.4 Å². The number of nitrogens with two attached hydrogens (primary N) is 4. The smallest absolute Gasteiger partial charge is 0.248 e. The molecule has 15 atom stereocenters. The molecule has 2 saturated heterocycles. The average molecular weight is 640 g/mol. The molecule has 1 amide bonds. The Morgan fingerprint density at radius 3 is 2.00 bits per heavy atom. The topological polar surface area (TPSA) is 365 Å². The summed E-state index contributed by atoms with van der Waals surface area (Å²) in [4.78, 5) is 32.9. The van der Waals surface area contributed by atoms with Crippen molar-refractivity contribution in [3.63, 3.8) is 0 Å². The molecule has 3 fully saturated rings. The van der Waals surface area contributed by atoms with Crippen LogP contribution in [-0.2, 0) is 28.5 Å². The third-order valence-electron chi connectivity index (χ3n) is 7.95. The first-order valence-corrected chi connectivity index (χ1v) is 13.4. The fourth-order valence-electron chi connectivity index (χ4n) is 5.44. The van der Waals surface area contributed by atoms with Gasteiger partial charge in [-0.2, -0.15) is 0 Å². The summed E-state index contributed by atoms with van der Waals surface area (Å²) in [6.45, 7) is -0.594. The van der Waals surface area contributed by atoms with E-state index in [4.69, 9.17) is 41.9 Å². The number of rotatable bonds is 10. The second-order valence-electron chi connectivity index (χ2n) is 10.7. The minimum Gasteiger partial charge on any atom is -0.394 e. The molecule has 0 aromatic rings. The van der Waals surface area contributed by atoms with Crippen LogP contribution in [0, 0.1) is 0 Å². The first-order valence-electron chi connectivity index (χ1n) is 13.4. The van der Waals surface area contributed by atoms with E-state index >= 15 is 0 Å². The molecule has 16 N–H and O–H groups in total. The maximum absolute atomic E-state index is 12.3. The molecule has 2 heterocycles. The lowest BCUT2D eigenvalue weighted by atomic mass is 9.81. The SMILES string of the molecule is C[C@@H]1O[C@@H](O[C@H]2[C@H](O)[C@H](O)[C@H](N=C(N)N)[C@H](O)[C@H]2N=C(N)N)[C@@H](O[C@@H]2O[C@H](CO)[C@H](O)[C@H](O)[C@H]2N(C)C(=O)CO)[C@]1(O)C=O. The van der Waals surface area contributed by atoms with Crippen LogP contribution in [0.3, 0.4) is 0 Å². The molecule has 3 rings (SSSR count). The molecule has 0 unspecified atom stereocenters. The number of nitrogens with zero attached hydrogens (tertiary/aromatic N) is 3. The molecule has 0 bridgehead atoms. The lowest BCUT2D eigenvalue weighted by molar-refractivity contribution is -0.322. The van der Waals surface area contributed by atoms with Gasteiger partial charge >= 0.3 is 0 Å². The molecular formula is C23H41N7O14. The van der Waals surface area contributed by atoms with Gasteiger partial charge in [-0.25, -0.2) is 9.98 Å². The van der Waals surface area contributed by atoms with Crippen LogP contribution in [0.5, 0.6) is 0 Å². The number of hydrogen-bond donors (Lipinski definition) is 12. The maximum Gasteiger partial charge on any atom is 0.248 e. The molecule has 252 valence electrons. The van der Waals surface area contributed by atoms with Crippen molar-refractivity contribution in [3.8, 4) is 0 Å². The van der Waals surface area contributed by atoms with Crippen molar-refractivity contribution in [1.82, 2.24) is 4.90 Å². The number of aldehydes is 1. The quantitative estimate of drug-likeness (QED) is 0.0599. The van der Waals surface area contributed by atoms with Crippen LogP contribution in [0.1, 0.15) is 6.92 Å². The number of carbonyl (C=O) groups excluding carboxylic acids is 2. The largest absolute Gasteiger partial charge is 0.394 e. The Morgan fingerprint density at radius 2 is 1.48 bits per heavy atom. The van der Waals surface area contributed by atoms with E-state index in [1.54, 1.807) is 0 Å². The standard InChI is InChI=1S/C23H41N7O14/c1-6-23(40,5-33)18(44-19-11(30(2)8(34)4-32)15(38)12(35)7(3-31)42-19)20(41-6)43-17-10(29-22(26)27)13(36)9(28-21(24)25)14(37)16(17)39/h5-7,9-20,31-32,35-40H,3-4H2,1-2H3,(H4,24,25,28)(H4,26,27,29)/t6-,7+,9+,10+,11+,12-,13-,14+,15+,16+,17+,18+,19-,20-,23-/m0/s1. The van der Waals surface area contributed by atoms with Crippen molar-refractivity contribution in [2.75, 3.05) is 20.3 Å².